The lowest BCUT2D eigenvalue weighted by Gasteiger charge is -2.56. The summed E-state index contributed by atoms with van der Waals surface area (Å²) in [5.74, 6) is -10.0. The van der Waals surface area contributed by atoms with Crippen LogP contribution in [0.2, 0.25) is 0 Å². The lowest BCUT2D eigenvalue weighted by molar-refractivity contribution is -0.158. The number of rotatable bonds is 3. The number of hydrogen-bond acceptors (Lipinski definition) is 4. The van der Waals surface area contributed by atoms with Crippen molar-refractivity contribution in [3.63, 3.8) is 0 Å². The molecule has 170 valence electrons. The number of hydrogen-bond donors (Lipinski definition) is 1. The van der Waals surface area contributed by atoms with Gasteiger partial charge in [-0.3, -0.25) is 9.35 Å². The smallest absolute Gasteiger partial charge is 0.314 e. The summed E-state index contributed by atoms with van der Waals surface area (Å²) in [5, 5.41) is 0. The van der Waals surface area contributed by atoms with Crippen molar-refractivity contribution in [2.24, 2.45) is 41.4 Å². The Hall–Kier alpha value is -1.68. The van der Waals surface area contributed by atoms with Crippen LogP contribution in [-0.2, 0) is 14.9 Å². The second-order valence-corrected chi connectivity index (χ2v) is 10.8. The van der Waals surface area contributed by atoms with Crippen LogP contribution in [0.5, 0.6) is 5.75 Å². The zero-order valence-electron chi connectivity index (χ0n) is 16.5. The molecule has 0 spiro atoms. The Balaban J connectivity index is 1.48. The molecule has 5 fully saturated rings. The van der Waals surface area contributed by atoms with Gasteiger partial charge in [0.25, 0.3) is 0 Å². The van der Waals surface area contributed by atoms with Crippen LogP contribution in [0.25, 0.3) is 0 Å². The number of halogens is 4. The zero-order valence-corrected chi connectivity index (χ0v) is 17.3. The molecular weight excluding hydrogens is 440 g/mol. The molecule has 0 aromatic heterocycles. The van der Waals surface area contributed by atoms with Crippen LogP contribution in [0, 0.1) is 64.7 Å². The highest BCUT2D eigenvalue weighted by molar-refractivity contribution is 7.85. The summed E-state index contributed by atoms with van der Waals surface area (Å²) < 4.78 is 92.8. The molecule has 10 heteroatoms. The Kier molecular flexibility index (Phi) is 4.89. The van der Waals surface area contributed by atoms with E-state index >= 15 is 0 Å². The van der Waals surface area contributed by atoms with Gasteiger partial charge >= 0.3 is 16.1 Å². The number of ether oxygens (including phenoxy) is 1. The first-order valence-corrected chi connectivity index (χ1v) is 12.1. The van der Waals surface area contributed by atoms with Gasteiger partial charge in [-0.05, 0) is 67.6 Å². The first-order chi connectivity index (χ1) is 14.6. The molecule has 1 aromatic rings. The molecule has 5 aliphatic carbocycles. The van der Waals surface area contributed by atoms with E-state index in [1.54, 1.807) is 0 Å². The Morgan fingerprint density at radius 3 is 1.77 bits per heavy atom. The molecule has 2 bridgehead atoms. The molecule has 5 saturated carbocycles. The monoisotopic (exact) mass is 462 g/mol. The molecule has 0 saturated heterocycles. The van der Waals surface area contributed by atoms with Gasteiger partial charge in [0, 0.05) is 0 Å². The summed E-state index contributed by atoms with van der Waals surface area (Å²) in [6.07, 6.45) is 6.92. The summed E-state index contributed by atoms with van der Waals surface area (Å²) in [5.41, 5.74) is 0. The molecule has 5 atom stereocenters. The maximum atomic E-state index is 14.3. The summed E-state index contributed by atoms with van der Waals surface area (Å²) in [7, 11) is -5.57. The summed E-state index contributed by atoms with van der Waals surface area (Å²) in [6, 6.07) is 0. The lowest BCUT2D eigenvalue weighted by atomic mass is 9.48. The minimum atomic E-state index is -5.57. The third-order valence-corrected chi connectivity index (χ3v) is 9.15. The normalized spacial score (nSPS) is 36.4. The average Bonchev–Trinajstić information content (AvgIpc) is 3.38. The molecule has 5 unspecified atom stereocenters. The molecule has 0 aliphatic heterocycles. The molecule has 1 N–H and O–H groups in total. The minimum Gasteiger partial charge on any atom is -0.420 e. The van der Waals surface area contributed by atoms with Crippen molar-refractivity contribution in [1.82, 2.24) is 0 Å². The third-order valence-electron chi connectivity index (χ3n) is 8.28. The van der Waals surface area contributed by atoms with Crippen LogP contribution >= 0.6 is 0 Å². The van der Waals surface area contributed by atoms with E-state index in [1.165, 1.54) is 0 Å². The fourth-order valence-corrected chi connectivity index (χ4v) is 8.05. The Labute approximate surface area is 176 Å². The summed E-state index contributed by atoms with van der Waals surface area (Å²) >= 11 is 0. The van der Waals surface area contributed by atoms with Gasteiger partial charge in [-0.2, -0.15) is 17.2 Å². The van der Waals surface area contributed by atoms with Crippen LogP contribution in [0.3, 0.4) is 0 Å². The van der Waals surface area contributed by atoms with Crippen molar-refractivity contribution in [2.45, 2.75) is 49.8 Å². The van der Waals surface area contributed by atoms with Crippen molar-refractivity contribution in [2.75, 3.05) is 0 Å². The molecule has 0 radical (unpaired) electrons. The maximum absolute atomic E-state index is 14.3. The molecular formula is C21H22F4O5S. The minimum absolute atomic E-state index is 0.0235. The molecule has 5 aliphatic rings. The Morgan fingerprint density at radius 1 is 0.806 bits per heavy atom. The SMILES string of the molecule is O=C(Oc1c(F)c(F)c(S(=O)(=O)O)c(F)c1F)C1CC2C3CCCC3C1C1CCCC21. The summed E-state index contributed by atoms with van der Waals surface area (Å²) in [6.45, 7) is 0. The number of fused-ring (bicyclic) bond motifs is 1. The standard InChI is InChI=1S/C21H22F4O5S/c22-15-17(24)20(31(27,28)29)18(25)16(23)19(15)30-21(26)13-7-12-8-3-1-5-10(8)14(13)11-6-2-4-9(11)12/h8-14H,1-7H2,(H,27,28,29). The van der Waals surface area contributed by atoms with Gasteiger partial charge < -0.3 is 4.74 Å². The van der Waals surface area contributed by atoms with Gasteiger partial charge in [-0.25, -0.2) is 8.78 Å². The molecule has 5 nitrogen and oxygen atoms in total. The predicted molar refractivity (Wildman–Crippen MR) is 98.5 cm³/mol. The van der Waals surface area contributed by atoms with Gasteiger partial charge in [0.15, 0.2) is 16.5 Å². The molecule has 6 rings (SSSR count). The maximum Gasteiger partial charge on any atom is 0.314 e. The molecule has 0 amide bonds. The van der Waals surface area contributed by atoms with E-state index < -0.39 is 55.9 Å². The number of esters is 1. The number of carbonyl (C=O) groups excluding carboxylic acids is 1. The number of carbonyl (C=O) groups is 1. The van der Waals surface area contributed by atoms with Gasteiger partial charge in [0.05, 0.1) is 5.92 Å². The van der Waals surface area contributed by atoms with E-state index in [1.807, 2.05) is 0 Å². The second kappa shape index (κ2) is 7.16. The van der Waals surface area contributed by atoms with Crippen molar-refractivity contribution < 1.29 is 40.1 Å². The quantitative estimate of drug-likeness (QED) is 0.235. The summed E-state index contributed by atoms with van der Waals surface area (Å²) in [4.78, 5) is 10.8. The molecule has 0 heterocycles. The number of benzene rings is 1. The van der Waals surface area contributed by atoms with Crippen LogP contribution < -0.4 is 4.74 Å². The lowest BCUT2D eigenvalue weighted by Crippen LogP contribution is -2.54. The van der Waals surface area contributed by atoms with E-state index in [-0.39, 0.29) is 5.92 Å². The third kappa shape index (κ3) is 3.04. The van der Waals surface area contributed by atoms with E-state index in [2.05, 4.69) is 0 Å². The largest absolute Gasteiger partial charge is 0.420 e. The van der Waals surface area contributed by atoms with Crippen LogP contribution in [0.15, 0.2) is 4.90 Å². The van der Waals surface area contributed by atoms with Crippen molar-refractivity contribution in [3.05, 3.63) is 23.3 Å². The highest BCUT2D eigenvalue weighted by Crippen LogP contribution is 2.65. The molecule has 31 heavy (non-hydrogen) atoms. The fraction of sp³-hybridized carbons (Fsp3) is 0.667. The van der Waals surface area contributed by atoms with Crippen LogP contribution in [-0.4, -0.2) is 18.9 Å². The van der Waals surface area contributed by atoms with Crippen molar-refractivity contribution in [3.8, 4) is 5.75 Å². The van der Waals surface area contributed by atoms with Gasteiger partial charge in [0.2, 0.25) is 17.4 Å². The topological polar surface area (TPSA) is 80.7 Å². The van der Waals surface area contributed by atoms with Crippen LogP contribution in [0.4, 0.5) is 17.6 Å². The van der Waals surface area contributed by atoms with Crippen molar-refractivity contribution in [1.29, 1.82) is 0 Å². The van der Waals surface area contributed by atoms with E-state index in [9.17, 15) is 30.8 Å². The Morgan fingerprint density at radius 2 is 1.29 bits per heavy atom. The van der Waals surface area contributed by atoms with Gasteiger partial charge in [-0.15, -0.1) is 0 Å². The first-order valence-electron chi connectivity index (χ1n) is 10.7. The zero-order chi connectivity index (χ0) is 22.2. The van der Waals surface area contributed by atoms with E-state index in [0.29, 0.717) is 36.0 Å². The van der Waals surface area contributed by atoms with Crippen molar-refractivity contribution >= 4 is 16.1 Å². The molecule has 1 aromatic carbocycles. The van der Waals surface area contributed by atoms with E-state index in [0.717, 1.165) is 38.5 Å². The highest BCUT2D eigenvalue weighted by Gasteiger charge is 2.61. The predicted octanol–water partition coefficient (Wildman–Crippen LogP) is 4.49. The average molecular weight is 462 g/mol. The van der Waals surface area contributed by atoms with E-state index in [4.69, 9.17) is 9.29 Å². The first kappa shape index (κ1) is 21.2. The van der Waals surface area contributed by atoms with Crippen LogP contribution in [0.1, 0.15) is 44.9 Å². The highest BCUT2D eigenvalue weighted by atomic mass is 32.2. The second-order valence-electron chi connectivity index (χ2n) is 9.41. The van der Waals surface area contributed by atoms with Gasteiger partial charge in [0.1, 0.15) is 0 Å². The Bertz CT molecular complexity index is 1010. The van der Waals surface area contributed by atoms with Gasteiger partial charge in [-0.1, -0.05) is 12.8 Å². The fourth-order valence-electron chi connectivity index (χ4n) is 7.42.